The number of halogens is 2. The lowest BCUT2D eigenvalue weighted by atomic mass is 10.1. The molecule has 0 fully saturated rings. The first-order chi connectivity index (χ1) is 9.06. The number of benzene rings is 1. The predicted octanol–water partition coefficient (Wildman–Crippen LogP) is 3.11. The Morgan fingerprint density at radius 2 is 2.21 bits per heavy atom. The van der Waals surface area contributed by atoms with Gasteiger partial charge in [0.15, 0.2) is 0 Å². The Morgan fingerprint density at radius 1 is 1.42 bits per heavy atom. The van der Waals surface area contributed by atoms with E-state index in [9.17, 15) is 4.39 Å². The summed E-state index contributed by atoms with van der Waals surface area (Å²) in [6.07, 6.45) is 5.44. The predicted molar refractivity (Wildman–Crippen MR) is 77.4 cm³/mol. The van der Waals surface area contributed by atoms with Gasteiger partial charge in [0.2, 0.25) is 0 Å². The average Bonchev–Trinajstić information content (AvgIpc) is 2.74. The molecule has 5 heteroatoms. The molecule has 0 saturated heterocycles. The molecule has 102 valence electrons. The van der Waals surface area contributed by atoms with E-state index < -0.39 is 0 Å². The van der Waals surface area contributed by atoms with E-state index in [2.05, 4.69) is 27.8 Å². The molecule has 2 rings (SSSR count). The van der Waals surface area contributed by atoms with Gasteiger partial charge in [0.25, 0.3) is 0 Å². The molecule has 0 radical (unpaired) electrons. The molecule has 0 aliphatic heterocycles. The van der Waals surface area contributed by atoms with Crippen LogP contribution in [-0.2, 0) is 13.0 Å². The molecule has 1 aromatic heterocycles. The maximum Gasteiger partial charge on any atom is 0.124 e. The van der Waals surface area contributed by atoms with Crippen molar-refractivity contribution in [3.63, 3.8) is 0 Å². The Labute approximate surface area is 120 Å². The zero-order valence-electron chi connectivity index (χ0n) is 10.8. The lowest BCUT2D eigenvalue weighted by Gasteiger charge is -2.05. The summed E-state index contributed by atoms with van der Waals surface area (Å²) in [4.78, 5) is 4.32. The number of hydrogen-bond donors (Lipinski definition) is 1. The summed E-state index contributed by atoms with van der Waals surface area (Å²) in [6.45, 7) is 2.66. The van der Waals surface area contributed by atoms with E-state index in [-0.39, 0.29) is 11.9 Å². The fourth-order valence-electron chi connectivity index (χ4n) is 1.92. The summed E-state index contributed by atoms with van der Waals surface area (Å²) < 4.78 is 16.0. The Balaban J connectivity index is 2.07. The number of hydrogen-bond acceptors (Lipinski definition) is 2. The molecule has 1 heterocycles. The molecule has 1 unspecified atom stereocenters. The van der Waals surface area contributed by atoms with Gasteiger partial charge in [-0.05, 0) is 30.2 Å². The van der Waals surface area contributed by atoms with Gasteiger partial charge in [-0.25, -0.2) is 9.37 Å². The molecular formula is C14H17BrFN3. The smallest absolute Gasteiger partial charge is 0.124 e. The summed E-state index contributed by atoms with van der Waals surface area (Å²) in [5.74, 6) is -0.238. The molecule has 0 spiro atoms. The van der Waals surface area contributed by atoms with Gasteiger partial charge in [-0.3, -0.25) is 0 Å². The molecule has 3 nitrogen and oxygen atoms in total. The molecular weight excluding hydrogens is 309 g/mol. The van der Waals surface area contributed by atoms with Gasteiger partial charge in [0, 0.05) is 29.7 Å². The van der Waals surface area contributed by atoms with Crippen LogP contribution >= 0.6 is 15.9 Å². The van der Waals surface area contributed by atoms with Gasteiger partial charge >= 0.3 is 0 Å². The quantitative estimate of drug-likeness (QED) is 0.917. The summed E-state index contributed by atoms with van der Waals surface area (Å²) in [5, 5.41) is 0. The third kappa shape index (κ3) is 4.14. The molecule has 19 heavy (non-hydrogen) atoms. The zero-order chi connectivity index (χ0) is 13.8. The minimum absolute atomic E-state index is 0.145. The van der Waals surface area contributed by atoms with Gasteiger partial charge < -0.3 is 10.3 Å². The fourth-order valence-corrected chi connectivity index (χ4v) is 2.44. The number of imidazole rings is 1. The first-order valence-electron chi connectivity index (χ1n) is 6.28. The Hall–Kier alpha value is -1.20. The van der Waals surface area contributed by atoms with Crippen LogP contribution in [0.1, 0.15) is 24.6 Å². The molecule has 0 amide bonds. The third-order valence-electron chi connectivity index (χ3n) is 2.97. The van der Waals surface area contributed by atoms with Crippen molar-refractivity contribution in [3.05, 3.63) is 52.3 Å². The molecule has 1 aromatic carbocycles. The van der Waals surface area contributed by atoms with Crippen LogP contribution in [-0.4, -0.2) is 15.6 Å². The maximum atomic E-state index is 13.3. The van der Waals surface area contributed by atoms with E-state index in [0.29, 0.717) is 6.54 Å². The normalized spacial score (nSPS) is 12.6. The van der Waals surface area contributed by atoms with E-state index in [1.807, 2.05) is 16.8 Å². The Morgan fingerprint density at radius 3 is 2.89 bits per heavy atom. The van der Waals surface area contributed by atoms with Crippen molar-refractivity contribution in [3.8, 4) is 0 Å². The van der Waals surface area contributed by atoms with Crippen molar-refractivity contribution < 1.29 is 4.39 Å². The van der Waals surface area contributed by atoms with E-state index >= 15 is 0 Å². The van der Waals surface area contributed by atoms with Crippen molar-refractivity contribution in [2.75, 3.05) is 0 Å². The number of nitrogens with zero attached hydrogens (tertiary/aromatic N) is 2. The van der Waals surface area contributed by atoms with E-state index in [1.165, 1.54) is 12.1 Å². The molecule has 0 saturated carbocycles. The number of rotatable bonds is 5. The fraction of sp³-hybridized carbons (Fsp3) is 0.357. The minimum Gasteiger partial charge on any atom is -0.333 e. The SMILES string of the molecule is CCC(N)Cc1cn(Cc2cc(F)cc(Br)c2)cn1. The molecule has 2 aromatic rings. The van der Waals surface area contributed by atoms with Crippen molar-refractivity contribution >= 4 is 15.9 Å². The number of aromatic nitrogens is 2. The molecule has 0 bridgehead atoms. The summed E-state index contributed by atoms with van der Waals surface area (Å²) >= 11 is 3.29. The first-order valence-corrected chi connectivity index (χ1v) is 7.07. The van der Waals surface area contributed by atoms with Crippen molar-refractivity contribution in [2.45, 2.75) is 32.4 Å². The van der Waals surface area contributed by atoms with Crippen LogP contribution in [0.4, 0.5) is 4.39 Å². The molecule has 1 atom stereocenters. The van der Waals surface area contributed by atoms with Crippen LogP contribution in [0.5, 0.6) is 0 Å². The van der Waals surface area contributed by atoms with Crippen LogP contribution in [0.25, 0.3) is 0 Å². The van der Waals surface area contributed by atoms with Gasteiger partial charge in [0.05, 0.1) is 12.0 Å². The van der Waals surface area contributed by atoms with E-state index in [4.69, 9.17) is 5.73 Å². The summed E-state index contributed by atoms with van der Waals surface area (Å²) in [5.41, 5.74) is 7.78. The lowest BCUT2D eigenvalue weighted by Crippen LogP contribution is -2.21. The number of nitrogens with two attached hydrogens (primary N) is 1. The second-order valence-corrected chi connectivity index (χ2v) is 5.60. The zero-order valence-corrected chi connectivity index (χ0v) is 12.4. The van der Waals surface area contributed by atoms with Crippen LogP contribution in [0.15, 0.2) is 35.2 Å². The largest absolute Gasteiger partial charge is 0.333 e. The minimum atomic E-state index is -0.238. The highest BCUT2D eigenvalue weighted by atomic mass is 79.9. The monoisotopic (exact) mass is 325 g/mol. The maximum absolute atomic E-state index is 13.3. The molecule has 2 N–H and O–H groups in total. The standard InChI is InChI=1S/C14H17BrFN3/c1-2-13(17)6-14-8-19(9-18-14)7-10-3-11(15)5-12(16)4-10/h3-5,8-9,13H,2,6-7,17H2,1H3. The van der Waals surface area contributed by atoms with Crippen molar-refractivity contribution in [1.82, 2.24) is 9.55 Å². The highest BCUT2D eigenvalue weighted by Crippen LogP contribution is 2.16. The van der Waals surface area contributed by atoms with Crippen LogP contribution in [0.2, 0.25) is 0 Å². The third-order valence-corrected chi connectivity index (χ3v) is 3.43. The summed E-state index contributed by atoms with van der Waals surface area (Å²) in [7, 11) is 0. The Bertz CT molecular complexity index is 533. The Kier molecular flexibility index (Phi) is 4.71. The second-order valence-electron chi connectivity index (χ2n) is 4.69. The van der Waals surface area contributed by atoms with E-state index in [0.717, 1.165) is 28.6 Å². The highest BCUT2D eigenvalue weighted by Gasteiger charge is 2.06. The average molecular weight is 326 g/mol. The first kappa shape index (κ1) is 14.2. The van der Waals surface area contributed by atoms with Gasteiger partial charge in [0.1, 0.15) is 5.82 Å². The van der Waals surface area contributed by atoms with Gasteiger partial charge in [-0.15, -0.1) is 0 Å². The van der Waals surface area contributed by atoms with Crippen LogP contribution in [0, 0.1) is 5.82 Å². The molecule has 0 aliphatic carbocycles. The van der Waals surface area contributed by atoms with Crippen molar-refractivity contribution in [2.24, 2.45) is 5.73 Å². The lowest BCUT2D eigenvalue weighted by molar-refractivity contribution is 0.622. The van der Waals surface area contributed by atoms with Crippen LogP contribution < -0.4 is 5.73 Å². The summed E-state index contributed by atoms with van der Waals surface area (Å²) in [6, 6.07) is 5.03. The molecule has 0 aliphatic rings. The van der Waals surface area contributed by atoms with Crippen molar-refractivity contribution in [1.29, 1.82) is 0 Å². The van der Waals surface area contributed by atoms with Gasteiger partial charge in [-0.1, -0.05) is 22.9 Å². The topological polar surface area (TPSA) is 43.8 Å². The van der Waals surface area contributed by atoms with Crippen LogP contribution in [0.3, 0.4) is 0 Å². The highest BCUT2D eigenvalue weighted by molar-refractivity contribution is 9.10. The van der Waals surface area contributed by atoms with E-state index in [1.54, 1.807) is 6.33 Å². The van der Waals surface area contributed by atoms with Gasteiger partial charge in [-0.2, -0.15) is 0 Å². The second kappa shape index (κ2) is 6.30.